The Morgan fingerprint density at radius 1 is 0.842 bits per heavy atom. The first-order valence-electron chi connectivity index (χ1n) is 8.51. The molecule has 0 fully saturated rings. The van der Waals surface area contributed by atoms with E-state index in [-0.39, 0.29) is 0 Å². The van der Waals surface area contributed by atoms with Crippen molar-refractivity contribution in [1.82, 2.24) is 0 Å². The highest BCUT2D eigenvalue weighted by molar-refractivity contribution is 5.37. The summed E-state index contributed by atoms with van der Waals surface area (Å²) in [6.07, 6.45) is 16.7. The normalized spacial score (nSPS) is 14.4. The fourth-order valence-electron chi connectivity index (χ4n) is 3.37. The zero-order valence-corrected chi connectivity index (χ0v) is 12.7. The summed E-state index contributed by atoms with van der Waals surface area (Å²) in [5.41, 5.74) is 5.01. The van der Waals surface area contributed by atoms with Gasteiger partial charge in [0.2, 0.25) is 0 Å². The fraction of sp³-hybridized carbons (Fsp3) is 0.684. The van der Waals surface area contributed by atoms with Gasteiger partial charge < -0.3 is 0 Å². The summed E-state index contributed by atoms with van der Waals surface area (Å²) in [6, 6.07) is 7.00. The van der Waals surface area contributed by atoms with E-state index in [2.05, 4.69) is 25.1 Å². The van der Waals surface area contributed by atoms with Crippen molar-refractivity contribution in [2.24, 2.45) is 0 Å². The zero-order chi connectivity index (χ0) is 13.3. The second kappa shape index (κ2) is 8.40. The highest BCUT2D eigenvalue weighted by Gasteiger charge is 2.12. The lowest BCUT2D eigenvalue weighted by Crippen LogP contribution is -2.06. The van der Waals surface area contributed by atoms with Crippen LogP contribution in [0.3, 0.4) is 0 Å². The SMILES string of the molecule is CCCCCCCCCc1cccc2c1CCCC2. The molecular formula is C19H30. The first-order valence-corrected chi connectivity index (χ1v) is 8.51. The maximum Gasteiger partial charge on any atom is -0.0273 e. The topological polar surface area (TPSA) is 0 Å². The summed E-state index contributed by atoms with van der Waals surface area (Å²) in [5.74, 6) is 0. The fourth-order valence-corrected chi connectivity index (χ4v) is 3.37. The molecule has 0 saturated heterocycles. The van der Waals surface area contributed by atoms with E-state index < -0.39 is 0 Å². The molecule has 1 aliphatic carbocycles. The number of hydrogen-bond donors (Lipinski definition) is 0. The minimum atomic E-state index is 1.32. The first kappa shape index (κ1) is 14.6. The van der Waals surface area contributed by atoms with Gasteiger partial charge in [-0.05, 0) is 55.2 Å². The highest BCUT2D eigenvalue weighted by Crippen LogP contribution is 2.25. The van der Waals surface area contributed by atoms with Gasteiger partial charge >= 0.3 is 0 Å². The van der Waals surface area contributed by atoms with Crippen LogP contribution in [0.4, 0.5) is 0 Å². The van der Waals surface area contributed by atoms with E-state index in [4.69, 9.17) is 0 Å². The molecule has 1 aliphatic rings. The Bertz CT molecular complexity index is 364. The Morgan fingerprint density at radius 2 is 1.58 bits per heavy atom. The third-order valence-corrected chi connectivity index (χ3v) is 4.54. The van der Waals surface area contributed by atoms with Gasteiger partial charge in [0.1, 0.15) is 0 Å². The standard InChI is InChI=1S/C19H30/c1-2-3-4-5-6-7-8-12-17-14-11-15-18-13-9-10-16-19(17)18/h11,14-15H,2-10,12-13,16H2,1H3. The van der Waals surface area contributed by atoms with Gasteiger partial charge in [-0.25, -0.2) is 0 Å². The van der Waals surface area contributed by atoms with Gasteiger partial charge in [-0.1, -0.05) is 63.6 Å². The Hall–Kier alpha value is -0.780. The molecule has 1 aromatic rings. The molecule has 0 aliphatic heterocycles. The molecule has 2 rings (SSSR count). The van der Waals surface area contributed by atoms with Crippen LogP contribution in [-0.2, 0) is 19.3 Å². The van der Waals surface area contributed by atoms with Crippen molar-refractivity contribution in [3.8, 4) is 0 Å². The number of fused-ring (bicyclic) bond motifs is 1. The van der Waals surface area contributed by atoms with Crippen molar-refractivity contribution < 1.29 is 0 Å². The average Bonchev–Trinajstić information content (AvgIpc) is 2.46. The van der Waals surface area contributed by atoms with Crippen molar-refractivity contribution in [3.63, 3.8) is 0 Å². The summed E-state index contributed by atoms with van der Waals surface area (Å²) in [7, 11) is 0. The van der Waals surface area contributed by atoms with Gasteiger partial charge in [-0.3, -0.25) is 0 Å². The molecule has 106 valence electrons. The van der Waals surface area contributed by atoms with Gasteiger partial charge in [0, 0.05) is 0 Å². The molecule has 0 unspecified atom stereocenters. The monoisotopic (exact) mass is 258 g/mol. The van der Waals surface area contributed by atoms with E-state index >= 15 is 0 Å². The maximum absolute atomic E-state index is 2.38. The van der Waals surface area contributed by atoms with Crippen LogP contribution in [0.1, 0.15) is 81.4 Å². The van der Waals surface area contributed by atoms with Crippen molar-refractivity contribution in [3.05, 3.63) is 34.9 Å². The number of hydrogen-bond acceptors (Lipinski definition) is 0. The minimum Gasteiger partial charge on any atom is -0.0654 e. The average molecular weight is 258 g/mol. The second-order valence-corrected chi connectivity index (χ2v) is 6.13. The largest absolute Gasteiger partial charge is 0.0654 e. The molecule has 0 atom stereocenters. The lowest BCUT2D eigenvalue weighted by atomic mass is 9.86. The third-order valence-electron chi connectivity index (χ3n) is 4.54. The van der Waals surface area contributed by atoms with Crippen LogP contribution in [-0.4, -0.2) is 0 Å². The van der Waals surface area contributed by atoms with Crippen LogP contribution in [0.25, 0.3) is 0 Å². The molecule has 19 heavy (non-hydrogen) atoms. The number of unbranched alkanes of at least 4 members (excludes halogenated alkanes) is 6. The molecule has 0 nitrogen and oxygen atoms in total. The van der Waals surface area contributed by atoms with Crippen LogP contribution in [0.2, 0.25) is 0 Å². The predicted molar refractivity (Wildman–Crippen MR) is 84.8 cm³/mol. The van der Waals surface area contributed by atoms with Crippen molar-refractivity contribution in [2.45, 2.75) is 84.0 Å². The van der Waals surface area contributed by atoms with Gasteiger partial charge in [0.05, 0.1) is 0 Å². The molecule has 1 aromatic carbocycles. The highest BCUT2D eigenvalue weighted by atomic mass is 14.2. The quantitative estimate of drug-likeness (QED) is 0.512. The Morgan fingerprint density at radius 3 is 2.42 bits per heavy atom. The molecular weight excluding hydrogens is 228 g/mol. The van der Waals surface area contributed by atoms with E-state index in [9.17, 15) is 0 Å². The first-order chi connectivity index (χ1) is 9.42. The molecule has 0 heteroatoms. The summed E-state index contributed by atoms with van der Waals surface area (Å²) < 4.78 is 0. The Labute approximate surface area is 119 Å². The van der Waals surface area contributed by atoms with E-state index in [0.717, 1.165) is 0 Å². The van der Waals surface area contributed by atoms with E-state index in [1.807, 2.05) is 0 Å². The molecule has 0 radical (unpaired) electrons. The number of aryl methyl sites for hydroxylation is 2. The smallest absolute Gasteiger partial charge is 0.0273 e. The van der Waals surface area contributed by atoms with Gasteiger partial charge in [0.15, 0.2) is 0 Å². The van der Waals surface area contributed by atoms with E-state index in [1.54, 1.807) is 16.7 Å². The van der Waals surface area contributed by atoms with Gasteiger partial charge in [-0.15, -0.1) is 0 Å². The summed E-state index contributed by atoms with van der Waals surface area (Å²) in [6.45, 7) is 2.29. The van der Waals surface area contributed by atoms with Gasteiger partial charge in [-0.2, -0.15) is 0 Å². The molecule has 0 heterocycles. The minimum absolute atomic E-state index is 1.32. The Kier molecular flexibility index (Phi) is 6.47. The Balaban J connectivity index is 1.71. The lowest BCUT2D eigenvalue weighted by Gasteiger charge is -2.19. The molecule has 0 amide bonds. The summed E-state index contributed by atoms with van der Waals surface area (Å²) in [4.78, 5) is 0. The van der Waals surface area contributed by atoms with E-state index in [0.29, 0.717) is 0 Å². The number of rotatable bonds is 8. The van der Waals surface area contributed by atoms with Gasteiger partial charge in [0.25, 0.3) is 0 Å². The van der Waals surface area contributed by atoms with Crippen LogP contribution < -0.4 is 0 Å². The van der Waals surface area contributed by atoms with Crippen molar-refractivity contribution in [1.29, 1.82) is 0 Å². The number of benzene rings is 1. The lowest BCUT2D eigenvalue weighted by molar-refractivity contribution is 0.587. The summed E-state index contributed by atoms with van der Waals surface area (Å²) >= 11 is 0. The second-order valence-electron chi connectivity index (χ2n) is 6.13. The molecule has 0 N–H and O–H groups in total. The molecule has 0 saturated carbocycles. The van der Waals surface area contributed by atoms with E-state index in [1.165, 1.54) is 77.0 Å². The molecule has 0 aromatic heterocycles. The molecule has 0 spiro atoms. The van der Waals surface area contributed by atoms with Crippen LogP contribution in [0.5, 0.6) is 0 Å². The van der Waals surface area contributed by atoms with Crippen LogP contribution in [0, 0.1) is 0 Å². The van der Waals surface area contributed by atoms with Crippen LogP contribution in [0.15, 0.2) is 18.2 Å². The molecule has 0 bridgehead atoms. The van der Waals surface area contributed by atoms with Crippen molar-refractivity contribution in [2.75, 3.05) is 0 Å². The summed E-state index contributed by atoms with van der Waals surface area (Å²) in [5, 5.41) is 0. The zero-order valence-electron chi connectivity index (χ0n) is 12.7. The van der Waals surface area contributed by atoms with Crippen molar-refractivity contribution >= 4 is 0 Å². The van der Waals surface area contributed by atoms with Crippen LogP contribution >= 0.6 is 0 Å². The maximum atomic E-state index is 2.38. The predicted octanol–water partition coefficient (Wildman–Crippen LogP) is 5.86. The third kappa shape index (κ3) is 4.67.